The lowest BCUT2D eigenvalue weighted by Crippen LogP contribution is -2.36. The van der Waals surface area contributed by atoms with Crippen molar-refractivity contribution in [3.05, 3.63) is 30.2 Å². The molecule has 0 aliphatic carbocycles. The van der Waals surface area contributed by atoms with Crippen LogP contribution in [-0.4, -0.2) is 57.8 Å². The van der Waals surface area contributed by atoms with Crippen LogP contribution in [0.4, 0.5) is 5.95 Å². The van der Waals surface area contributed by atoms with Crippen LogP contribution in [0.15, 0.2) is 24.5 Å². The molecule has 0 radical (unpaired) electrons. The maximum atomic E-state index is 5.68. The zero-order valence-corrected chi connectivity index (χ0v) is 15.2. The van der Waals surface area contributed by atoms with Crippen molar-refractivity contribution in [3.63, 3.8) is 0 Å². The Balaban J connectivity index is 1.62. The minimum absolute atomic E-state index is 0.0370. The summed E-state index contributed by atoms with van der Waals surface area (Å²) in [5.41, 5.74) is 3.45. The van der Waals surface area contributed by atoms with E-state index in [-0.39, 0.29) is 6.04 Å². The predicted octanol–water partition coefficient (Wildman–Crippen LogP) is 2.07. The molecule has 0 saturated carbocycles. The molecule has 8 heteroatoms. The molecule has 0 amide bonds. The third-order valence-electron chi connectivity index (χ3n) is 5.19. The number of anilines is 1. The van der Waals surface area contributed by atoms with Crippen molar-refractivity contribution in [2.24, 2.45) is 0 Å². The molecule has 3 aromatic heterocycles. The standard InChI is InChI=1S/C19H23N7O/c1-2-8-26(9-3-1)19-23-15(14-12-27-10-7-21-14)16-18(25-19)24-17(22-16)13-5-4-6-20-11-13/h4-6,11,14,21H,1-3,7-10,12H2,(H,22,23,24,25). The Labute approximate surface area is 157 Å². The highest BCUT2D eigenvalue weighted by molar-refractivity contribution is 5.79. The van der Waals surface area contributed by atoms with Gasteiger partial charge in [0.1, 0.15) is 11.3 Å². The van der Waals surface area contributed by atoms with Crippen LogP contribution >= 0.6 is 0 Å². The zero-order valence-electron chi connectivity index (χ0n) is 15.2. The minimum atomic E-state index is 0.0370. The zero-order chi connectivity index (χ0) is 18.1. The number of nitrogens with one attached hydrogen (secondary N) is 2. The lowest BCUT2D eigenvalue weighted by atomic mass is 10.1. The van der Waals surface area contributed by atoms with E-state index in [0.29, 0.717) is 12.3 Å². The average Bonchev–Trinajstić information content (AvgIpc) is 3.19. The summed E-state index contributed by atoms with van der Waals surface area (Å²) in [6.45, 7) is 4.15. The Morgan fingerprint density at radius 3 is 2.81 bits per heavy atom. The number of fused-ring (bicyclic) bond motifs is 1. The highest BCUT2D eigenvalue weighted by Gasteiger charge is 2.25. The first-order chi connectivity index (χ1) is 13.4. The minimum Gasteiger partial charge on any atom is -0.378 e. The SMILES string of the molecule is c1cncc(-c2nc3nc(N4CCCCC4)nc(C4COCCN4)c3[nH]2)c1. The van der Waals surface area contributed by atoms with Crippen LogP contribution in [0.2, 0.25) is 0 Å². The molecule has 0 aromatic carbocycles. The second kappa shape index (κ2) is 7.21. The number of piperidine rings is 1. The third kappa shape index (κ3) is 3.26. The number of rotatable bonds is 3. The normalized spacial score (nSPS) is 20.9. The van der Waals surface area contributed by atoms with E-state index in [1.54, 1.807) is 12.4 Å². The summed E-state index contributed by atoms with van der Waals surface area (Å²) in [5.74, 6) is 1.54. The molecule has 2 saturated heterocycles. The number of hydrogen-bond acceptors (Lipinski definition) is 7. The molecule has 1 atom stereocenters. The van der Waals surface area contributed by atoms with Crippen LogP contribution in [0.1, 0.15) is 31.0 Å². The highest BCUT2D eigenvalue weighted by Crippen LogP contribution is 2.28. The van der Waals surface area contributed by atoms with Crippen molar-refractivity contribution in [1.29, 1.82) is 0 Å². The number of pyridine rings is 1. The highest BCUT2D eigenvalue weighted by atomic mass is 16.5. The maximum Gasteiger partial charge on any atom is 0.227 e. The van der Waals surface area contributed by atoms with Gasteiger partial charge in [-0.05, 0) is 31.4 Å². The van der Waals surface area contributed by atoms with E-state index in [1.807, 2.05) is 12.1 Å². The van der Waals surface area contributed by atoms with Crippen LogP contribution < -0.4 is 10.2 Å². The second-order valence-electron chi connectivity index (χ2n) is 7.06. The van der Waals surface area contributed by atoms with E-state index in [9.17, 15) is 0 Å². The average molecular weight is 365 g/mol. The first-order valence-electron chi connectivity index (χ1n) is 9.62. The van der Waals surface area contributed by atoms with Crippen molar-refractivity contribution in [2.75, 3.05) is 37.7 Å². The Kier molecular flexibility index (Phi) is 4.43. The molecule has 2 aliphatic rings. The molecule has 5 rings (SSSR count). The first kappa shape index (κ1) is 16.6. The van der Waals surface area contributed by atoms with Crippen molar-refractivity contribution in [3.8, 4) is 11.4 Å². The van der Waals surface area contributed by atoms with E-state index < -0.39 is 0 Å². The van der Waals surface area contributed by atoms with E-state index >= 15 is 0 Å². The summed E-state index contributed by atoms with van der Waals surface area (Å²) >= 11 is 0. The topological polar surface area (TPSA) is 91.8 Å². The van der Waals surface area contributed by atoms with Crippen molar-refractivity contribution in [2.45, 2.75) is 25.3 Å². The number of ether oxygens (including phenoxy) is 1. The fraction of sp³-hybridized carbons (Fsp3) is 0.474. The Bertz CT molecular complexity index is 914. The summed E-state index contributed by atoms with van der Waals surface area (Å²) in [7, 11) is 0. The molecule has 2 aliphatic heterocycles. The van der Waals surface area contributed by atoms with Gasteiger partial charge < -0.3 is 19.9 Å². The number of imidazole rings is 1. The third-order valence-corrected chi connectivity index (χ3v) is 5.19. The molecule has 140 valence electrons. The molecule has 27 heavy (non-hydrogen) atoms. The summed E-state index contributed by atoms with van der Waals surface area (Å²) in [4.78, 5) is 24.4. The van der Waals surface area contributed by atoms with Crippen LogP contribution in [0.25, 0.3) is 22.6 Å². The number of hydrogen-bond donors (Lipinski definition) is 2. The predicted molar refractivity (Wildman–Crippen MR) is 103 cm³/mol. The van der Waals surface area contributed by atoms with Crippen molar-refractivity contribution >= 4 is 17.1 Å². The number of nitrogens with zero attached hydrogens (tertiary/aromatic N) is 5. The van der Waals surface area contributed by atoms with Crippen LogP contribution in [-0.2, 0) is 4.74 Å². The molecule has 3 aromatic rings. The number of aromatic amines is 1. The smallest absolute Gasteiger partial charge is 0.227 e. The number of aromatic nitrogens is 5. The Morgan fingerprint density at radius 2 is 2.04 bits per heavy atom. The molecule has 1 unspecified atom stereocenters. The second-order valence-corrected chi connectivity index (χ2v) is 7.06. The molecule has 5 heterocycles. The molecular weight excluding hydrogens is 342 g/mol. The van der Waals surface area contributed by atoms with Gasteiger partial charge in [0.2, 0.25) is 5.95 Å². The largest absolute Gasteiger partial charge is 0.378 e. The van der Waals surface area contributed by atoms with Gasteiger partial charge in [0, 0.05) is 37.6 Å². The van der Waals surface area contributed by atoms with E-state index in [1.165, 1.54) is 19.3 Å². The van der Waals surface area contributed by atoms with Gasteiger partial charge in [-0.2, -0.15) is 4.98 Å². The molecular formula is C19H23N7O. The maximum absolute atomic E-state index is 5.68. The van der Waals surface area contributed by atoms with Crippen LogP contribution in [0, 0.1) is 0 Å². The lowest BCUT2D eigenvalue weighted by molar-refractivity contribution is 0.0760. The van der Waals surface area contributed by atoms with Crippen molar-refractivity contribution in [1.82, 2.24) is 30.2 Å². The monoisotopic (exact) mass is 365 g/mol. The Morgan fingerprint density at radius 1 is 1.11 bits per heavy atom. The summed E-state index contributed by atoms with van der Waals surface area (Å²) in [5, 5.41) is 3.51. The summed E-state index contributed by atoms with van der Waals surface area (Å²) in [6.07, 6.45) is 7.21. The van der Waals surface area contributed by atoms with Gasteiger partial charge in [0.15, 0.2) is 5.65 Å². The van der Waals surface area contributed by atoms with E-state index in [4.69, 9.17) is 19.7 Å². The molecule has 0 bridgehead atoms. The molecule has 8 nitrogen and oxygen atoms in total. The van der Waals surface area contributed by atoms with E-state index in [2.05, 4.69) is 20.2 Å². The van der Waals surface area contributed by atoms with E-state index in [0.717, 1.165) is 54.8 Å². The number of H-pyrrole nitrogens is 1. The van der Waals surface area contributed by atoms with Gasteiger partial charge in [-0.1, -0.05) is 0 Å². The summed E-state index contributed by atoms with van der Waals surface area (Å²) < 4.78 is 5.68. The van der Waals surface area contributed by atoms with Crippen LogP contribution in [0.3, 0.4) is 0 Å². The quantitative estimate of drug-likeness (QED) is 0.734. The number of morpholine rings is 1. The van der Waals surface area contributed by atoms with Gasteiger partial charge in [-0.25, -0.2) is 9.97 Å². The van der Waals surface area contributed by atoms with Gasteiger partial charge in [-0.15, -0.1) is 0 Å². The first-order valence-corrected chi connectivity index (χ1v) is 9.62. The molecule has 2 fully saturated rings. The van der Waals surface area contributed by atoms with Gasteiger partial charge in [0.25, 0.3) is 0 Å². The van der Waals surface area contributed by atoms with Gasteiger partial charge in [0.05, 0.1) is 24.9 Å². The lowest BCUT2D eigenvalue weighted by Gasteiger charge is -2.28. The molecule has 2 N–H and O–H groups in total. The van der Waals surface area contributed by atoms with Crippen molar-refractivity contribution < 1.29 is 4.74 Å². The fourth-order valence-electron chi connectivity index (χ4n) is 3.77. The molecule has 0 spiro atoms. The van der Waals surface area contributed by atoms with Crippen LogP contribution in [0.5, 0.6) is 0 Å². The Hall–Kier alpha value is -2.58. The van der Waals surface area contributed by atoms with Gasteiger partial charge in [-0.3, -0.25) is 4.98 Å². The van der Waals surface area contributed by atoms with Gasteiger partial charge >= 0.3 is 0 Å². The fourth-order valence-corrected chi connectivity index (χ4v) is 3.77. The summed E-state index contributed by atoms with van der Waals surface area (Å²) in [6, 6.07) is 3.94.